The summed E-state index contributed by atoms with van der Waals surface area (Å²) in [5.74, 6) is 0. The average molecular weight is 592 g/mol. The third-order valence-electron chi connectivity index (χ3n) is 9.63. The first kappa shape index (κ1) is 30.7. The number of halogens is 3. The average Bonchev–Trinajstić information content (AvgIpc) is 3.17. The number of rotatable bonds is 5. The Labute approximate surface area is 242 Å². The molecule has 3 aliphatic rings. The van der Waals surface area contributed by atoms with Gasteiger partial charge in [0.2, 0.25) is 0 Å². The second kappa shape index (κ2) is 10.4. The van der Waals surface area contributed by atoms with Crippen molar-refractivity contribution in [2.45, 2.75) is 109 Å². The lowest BCUT2D eigenvalue weighted by molar-refractivity contribution is -0.137. The first-order valence-electron chi connectivity index (χ1n) is 14.8. The van der Waals surface area contributed by atoms with E-state index in [1.807, 2.05) is 0 Å². The summed E-state index contributed by atoms with van der Waals surface area (Å²) in [7, 11) is -2.19. The maximum absolute atomic E-state index is 13.4. The van der Waals surface area contributed by atoms with E-state index in [1.165, 1.54) is 12.1 Å². The summed E-state index contributed by atoms with van der Waals surface area (Å²) in [6.45, 7) is 16.8. The van der Waals surface area contributed by atoms with E-state index >= 15 is 0 Å². The van der Waals surface area contributed by atoms with E-state index < -0.39 is 31.8 Å². The van der Waals surface area contributed by atoms with E-state index in [4.69, 9.17) is 18.9 Å². The minimum Gasteiger partial charge on any atom is -0.410 e. The van der Waals surface area contributed by atoms with Gasteiger partial charge in [-0.15, -0.1) is 0 Å². The molecule has 3 heterocycles. The summed E-state index contributed by atoms with van der Waals surface area (Å²) in [5.41, 5.74) is 4.10. The number of hydrogen-bond acceptors (Lipinski definition) is 5. The van der Waals surface area contributed by atoms with Crippen LogP contribution in [-0.2, 0) is 38.5 Å². The van der Waals surface area contributed by atoms with Gasteiger partial charge in [0.1, 0.15) is 6.10 Å². The van der Waals surface area contributed by atoms with Crippen molar-refractivity contribution in [3.05, 3.63) is 63.5 Å². The molecular weight excluding hydrogens is 547 g/mol. The van der Waals surface area contributed by atoms with Crippen LogP contribution in [0.4, 0.5) is 13.2 Å². The van der Waals surface area contributed by atoms with Crippen molar-refractivity contribution in [1.29, 1.82) is 0 Å². The van der Waals surface area contributed by atoms with Crippen molar-refractivity contribution in [1.82, 2.24) is 4.98 Å². The van der Waals surface area contributed by atoms with Crippen LogP contribution in [0.15, 0.2) is 24.3 Å². The van der Waals surface area contributed by atoms with E-state index in [-0.39, 0.29) is 23.2 Å². The molecule has 1 aromatic carbocycles. The highest BCUT2D eigenvalue weighted by atomic mass is 28.4. The van der Waals surface area contributed by atoms with Gasteiger partial charge in [-0.25, -0.2) is 0 Å². The third-order valence-corrected chi connectivity index (χ3v) is 14.1. The summed E-state index contributed by atoms with van der Waals surface area (Å²) in [6, 6.07) is 5.28. The molecule has 226 valence electrons. The summed E-state index contributed by atoms with van der Waals surface area (Å²) < 4.78 is 60.2. The fourth-order valence-corrected chi connectivity index (χ4v) is 7.79. The third kappa shape index (κ3) is 5.65. The van der Waals surface area contributed by atoms with Gasteiger partial charge in [0, 0.05) is 61.6 Å². The molecule has 2 atom stereocenters. The van der Waals surface area contributed by atoms with Crippen molar-refractivity contribution in [2.24, 2.45) is 5.41 Å². The summed E-state index contributed by atoms with van der Waals surface area (Å²) in [6.07, 6.45) is -1.93. The van der Waals surface area contributed by atoms with Crippen molar-refractivity contribution in [3.63, 3.8) is 0 Å². The molecule has 0 bridgehead atoms. The fourth-order valence-electron chi connectivity index (χ4n) is 6.52. The van der Waals surface area contributed by atoms with E-state index in [9.17, 15) is 18.3 Å². The number of fused-ring (bicyclic) bond motifs is 4. The Morgan fingerprint density at radius 2 is 1.68 bits per heavy atom. The lowest BCUT2D eigenvalue weighted by Crippen LogP contribution is -2.45. The van der Waals surface area contributed by atoms with Gasteiger partial charge in [0.15, 0.2) is 8.32 Å². The van der Waals surface area contributed by atoms with Crippen molar-refractivity contribution in [3.8, 4) is 0 Å². The second-order valence-corrected chi connectivity index (χ2v) is 19.1. The highest BCUT2D eigenvalue weighted by Gasteiger charge is 2.53. The van der Waals surface area contributed by atoms with Crippen molar-refractivity contribution in [2.75, 3.05) is 19.8 Å². The van der Waals surface area contributed by atoms with Crippen LogP contribution in [0.1, 0.15) is 105 Å². The zero-order valence-corrected chi connectivity index (χ0v) is 26.4. The van der Waals surface area contributed by atoms with Crippen LogP contribution in [0, 0.1) is 5.41 Å². The Kier molecular flexibility index (Phi) is 7.81. The SMILES string of the molecule is CC1(C)Cc2nc(CCO)c3c(c2[C@@H](O[Si](C)(C)C(C)(C)C)C1)C1(CCOCC1)O[C@@H]3c1ccc(C(F)(F)F)cc1. The number of alkyl halides is 3. The number of aromatic nitrogens is 1. The summed E-state index contributed by atoms with van der Waals surface area (Å²) in [5, 5.41) is 10.1. The molecule has 1 N–H and O–H groups in total. The van der Waals surface area contributed by atoms with Gasteiger partial charge in [0.05, 0.1) is 17.3 Å². The van der Waals surface area contributed by atoms with Crippen LogP contribution in [0.3, 0.4) is 0 Å². The molecular formula is C32H44F3NO4Si. The molecule has 2 aromatic rings. The quantitative estimate of drug-likeness (QED) is 0.360. The number of pyridine rings is 1. The van der Waals surface area contributed by atoms with Gasteiger partial charge in [-0.05, 0) is 59.6 Å². The maximum atomic E-state index is 13.4. The number of nitrogens with zero attached hydrogens (tertiary/aromatic N) is 1. The zero-order chi connectivity index (χ0) is 30.0. The van der Waals surface area contributed by atoms with E-state index in [1.54, 1.807) is 0 Å². The van der Waals surface area contributed by atoms with Crippen molar-refractivity contribution < 1.29 is 32.2 Å². The number of aliphatic hydroxyl groups is 1. The standard InChI is InChI=1S/C32H44F3NO4Si/c1-29(2,3)41(6,7)40-24-19-30(4,5)18-23-25(24)27-26(22(36-23)12-15-37)28(39-31(27)13-16-38-17-14-31)20-8-10-21(11-9-20)32(33,34)35/h8-11,24,28,37H,12-19H2,1-7H3/t24-,28+/m0/s1. The van der Waals surface area contributed by atoms with Gasteiger partial charge in [-0.3, -0.25) is 4.98 Å². The first-order chi connectivity index (χ1) is 19.0. The smallest absolute Gasteiger partial charge is 0.410 e. The lowest BCUT2D eigenvalue weighted by Gasteiger charge is -2.46. The first-order valence-corrected chi connectivity index (χ1v) is 17.7. The molecule has 9 heteroatoms. The Morgan fingerprint density at radius 1 is 1.05 bits per heavy atom. The van der Waals surface area contributed by atoms with Gasteiger partial charge in [0.25, 0.3) is 0 Å². The number of hydrogen-bond donors (Lipinski definition) is 1. The Hall–Kier alpha value is -1.78. The lowest BCUT2D eigenvalue weighted by atomic mass is 9.70. The number of aliphatic hydroxyl groups excluding tert-OH is 1. The molecule has 5 nitrogen and oxygen atoms in total. The normalized spacial score (nSPS) is 23.9. The van der Waals surface area contributed by atoms with Crippen LogP contribution in [-0.4, -0.2) is 38.2 Å². The molecule has 1 spiro atoms. The van der Waals surface area contributed by atoms with E-state index in [2.05, 4.69) is 47.7 Å². The molecule has 1 aromatic heterocycles. The molecule has 5 rings (SSSR count). The van der Waals surface area contributed by atoms with Gasteiger partial charge in [-0.1, -0.05) is 46.8 Å². The minimum atomic E-state index is -4.42. The minimum absolute atomic E-state index is 0.0117. The van der Waals surface area contributed by atoms with E-state index in [0.29, 0.717) is 38.0 Å². The largest absolute Gasteiger partial charge is 0.416 e. The molecule has 2 aliphatic heterocycles. The Bertz CT molecular complexity index is 1280. The topological polar surface area (TPSA) is 60.8 Å². The number of ether oxygens (including phenoxy) is 2. The van der Waals surface area contributed by atoms with Gasteiger partial charge >= 0.3 is 6.18 Å². The predicted molar refractivity (Wildman–Crippen MR) is 154 cm³/mol. The highest BCUT2D eigenvalue weighted by Crippen LogP contribution is 2.58. The highest BCUT2D eigenvalue weighted by molar-refractivity contribution is 6.74. The fraction of sp³-hybridized carbons (Fsp3) is 0.656. The van der Waals surface area contributed by atoms with Crippen LogP contribution in [0.2, 0.25) is 18.1 Å². The van der Waals surface area contributed by atoms with Gasteiger partial charge < -0.3 is 19.0 Å². The van der Waals surface area contributed by atoms with Crippen molar-refractivity contribution >= 4 is 8.32 Å². The molecule has 0 saturated carbocycles. The zero-order valence-electron chi connectivity index (χ0n) is 25.4. The molecule has 1 saturated heterocycles. The number of benzene rings is 1. The Morgan fingerprint density at radius 3 is 2.24 bits per heavy atom. The molecule has 0 amide bonds. The Balaban J connectivity index is 1.75. The maximum Gasteiger partial charge on any atom is 0.416 e. The molecule has 1 aliphatic carbocycles. The molecule has 0 unspecified atom stereocenters. The molecule has 1 fully saturated rings. The summed E-state index contributed by atoms with van der Waals surface area (Å²) >= 11 is 0. The molecule has 0 radical (unpaired) electrons. The molecule has 41 heavy (non-hydrogen) atoms. The second-order valence-electron chi connectivity index (χ2n) is 14.3. The predicted octanol–water partition coefficient (Wildman–Crippen LogP) is 7.80. The van der Waals surface area contributed by atoms with Gasteiger partial charge in [-0.2, -0.15) is 13.2 Å². The van der Waals surface area contributed by atoms with Crippen LogP contribution in [0.5, 0.6) is 0 Å². The van der Waals surface area contributed by atoms with E-state index in [0.717, 1.165) is 53.1 Å². The summed E-state index contributed by atoms with van der Waals surface area (Å²) in [4.78, 5) is 5.21. The van der Waals surface area contributed by atoms with Crippen LogP contribution in [0.25, 0.3) is 0 Å². The van der Waals surface area contributed by atoms with Crippen LogP contribution >= 0.6 is 0 Å². The van der Waals surface area contributed by atoms with Crippen LogP contribution < -0.4 is 0 Å². The monoisotopic (exact) mass is 591 g/mol.